The van der Waals surface area contributed by atoms with E-state index in [1.54, 1.807) is 0 Å². The number of amides is 1. The van der Waals surface area contributed by atoms with E-state index in [0.717, 1.165) is 6.20 Å². The minimum Gasteiger partial charge on any atom is -0.335 e. The van der Waals surface area contributed by atoms with Crippen molar-refractivity contribution in [2.45, 2.75) is 50.1 Å². The molecule has 27 heavy (non-hydrogen) atoms. The Balaban J connectivity index is 1.37. The average molecular weight is 393 g/mol. The maximum absolute atomic E-state index is 13.3. The number of rotatable bonds is 2. The summed E-state index contributed by atoms with van der Waals surface area (Å²) in [4.78, 5) is 19.3. The Kier molecular flexibility index (Phi) is 4.61. The van der Waals surface area contributed by atoms with Crippen molar-refractivity contribution in [1.82, 2.24) is 24.7 Å². The van der Waals surface area contributed by atoms with Crippen LogP contribution in [0.2, 0.25) is 0 Å². The lowest BCUT2D eigenvalue weighted by atomic mass is 10.1. The molecule has 0 spiro atoms. The Hall–Kier alpha value is -1.75. The fourth-order valence-corrected chi connectivity index (χ4v) is 4.03. The van der Waals surface area contributed by atoms with Gasteiger partial charge in [-0.25, -0.2) is 13.8 Å². The molecule has 4 heterocycles. The van der Waals surface area contributed by atoms with E-state index in [4.69, 9.17) is 0 Å². The van der Waals surface area contributed by atoms with Gasteiger partial charge in [0.05, 0.1) is 25.7 Å². The molecule has 4 rings (SSSR count). The minimum atomic E-state index is -4.47. The van der Waals surface area contributed by atoms with Crippen LogP contribution in [0.4, 0.5) is 22.0 Å². The third-order valence-electron chi connectivity index (χ3n) is 5.54. The summed E-state index contributed by atoms with van der Waals surface area (Å²) in [7, 11) is 0. The number of alkyl halides is 5. The first-order valence-electron chi connectivity index (χ1n) is 8.90. The lowest BCUT2D eigenvalue weighted by Gasteiger charge is -2.32. The van der Waals surface area contributed by atoms with Crippen molar-refractivity contribution in [2.75, 3.05) is 26.2 Å². The van der Waals surface area contributed by atoms with E-state index in [1.807, 2.05) is 4.90 Å². The molecule has 2 saturated heterocycles. The van der Waals surface area contributed by atoms with Gasteiger partial charge in [-0.1, -0.05) is 0 Å². The van der Waals surface area contributed by atoms with E-state index in [2.05, 4.69) is 10.3 Å². The second kappa shape index (κ2) is 6.69. The summed E-state index contributed by atoms with van der Waals surface area (Å²) < 4.78 is 66.6. The summed E-state index contributed by atoms with van der Waals surface area (Å²) in [5.41, 5.74) is -0.896. The van der Waals surface area contributed by atoms with E-state index in [9.17, 15) is 26.7 Å². The van der Waals surface area contributed by atoms with Gasteiger partial charge in [-0.3, -0.25) is 9.69 Å². The summed E-state index contributed by atoms with van der Waals surface area (Å²) in [6.07, 6.45) is -6.28. The maximum atomic E-state index is 13.3. The molecule has 1 amide bonds. The van der Waals surface area contributed by atoms with E-state index in [-0.39, 0.29) is 31.6 Å². The van der Waals surface area contributed by atoms with Gasteiger partial charge in [-0.2, -0.15) is 13.2 Å². The average Bonchev–Trinajstić information content (AvgIpc) is 3.32. The molecule has 150 valence electrons. The van der Waals surface area contributed by atoms with Gasteiger partial charge in [0, 0.05) is 31.9 Å². The number of imidazole rings is 1. The van der Waals surface area contributed by atoms with Crippen molar-refractivity contribution in [3.63, 3.8) is 0 Å². The number of hydrogen-bond acceptors (Lipinski definition) is 4. The van der Waals surface area contributed by atoms with Crippen molar-refractivity contribution >= 4 is 5.91 Å². The summed E-state index contributed by atoms with van der Waals surface area (Å²) in [6, 6.07) is -0.566. The lowest BCUT2D eigenvalue weighted by Crippen LogP contribution is -2.43. The van der Waals surface area contributed by atoms with Crippen LogP contribution in [0.5, 0.6) is 0 Å². The van der Waals surface area contributed by atoms with Crippen LogP contribution < -0.4 is 5.32 Å². The van der Waals surface area contributed by atoms with E-state index < -0.39 is 30.3 Å². The Bertz CT molecular complexity index is 713. The number of carbonyl (C=O) groups is 1. The third kappa shape index (κ3) is 3.54. The van der Waals surface area contributed by atoms with E-state index in [1.165, 1.54) is 9.47 Å². The summed E-state index contributed by atoms with van der Waals surface area (Å²) in [5.74, 6) is 0.0293. The normalized spacial score (nSPS) is 32.1. The maximum Gasteiger partial charge on any atom is 0.434 e. The molecule has 2 fully saturated rings. The molecular weight excluding hydrogens is 373 g/mol. The summed E-state index contributed by atoms with van der Waals surface area (Å²) in [6.45, 7) is 1.25. The van der Waals surface area contributed by atoms with Gasteiger partial charge < -0.3 is 14.8 Å². The van der Waals surface area contributed by atoms with Crippen LogP contribution in [-0.4, -0.2) is 75.9 Å². The molecule has 1 aromatic heterocycles. The zero-order chi connectivity index (χ0) is 19.3. The molecule has 0 unspecified atom stereocenters. The van der Waals surface area contributed by atoms with Gasteiger partial charge in [-0.05, 0) is 6.42 Å². The number of hydrogen-bond donors (Lipinski definition) is 1. The number of halogens is 5. The monoisotopic (exact) mass is 393 g/mol. The van der Waals surface area contributed by atoms with Gasteiger partial charge in [0.25, 0.3) is 0 Å². The van der Waals surface area contributed by atoms with E-state index in [0.29, 0.717) is 31.9 Å². The SMILES string of the molecule is O=C([C@@H]1C[C@H](N2CCn3cc(C(F)(F)F)nc3C2)CN1)N1C[C@@H](F)[C@@H](F)C1. The summed E-state index contributed by atoms with van der Waals surface area (Å²) in [5, 5.41) is 3.08. The fourth-order valence-electron chi connectivity index (χ4n) is 4.03. The van der Waals surface area contributed by atoms with Crippen LogP contribution in [0.1, 0.15) is 17.9 Å². The van der Waals surface area contributed by atoms with Gasteiger partial charge >= 0.3 is 6.18 Å². The zero-order valence-electron chi connectivity index (χ0n) is 14.4. The Labute approximate surface area is 152 Å². The highest BCUT2D eigenvalue weighted by Gasteiger charge is 2.42. The van der Waals surface area contributed by atoms with Gasteiger partial charge in [0.15, 0.2) is 18.0 Å². The Morgan fingerprint density at radius 1 is 1.19 bits per heavy atom. The van der Waals surface area contributed by atoms with Crippen molar-refractivity contribution < 1.29 is 26.7 Å². The second-order valence-corrected chi connectivity index (χ2v) is 7.33. The van der Waals surface area contributed by atoms with Crippen LogP contribution in [0.3, 0.4) is 0 Å². The minimum absolute atomic E-state index is 0.0383. The standard InChI is InChI=1S/C16H20F5N5O/c17-10-5-26(6-11(10)18)15(27)12-3-9(4-22-12)24-1-2-25-7-13(16(19,20)21)23-14(25)8-24/h7,9-12,22H,1-6,8H2/t9-,10-,11+,12-/m0/s1. The second-order valence-electron chi connectivity index (χ2n) is 7.33. The number of fused-ring (bicyclic) bond motifs is 1. The Morgan fingerprint density at radius 2 is 1.89 bits per heavy atom. The predicted octanol–water partition coefficient (Wildman–Crippen LogP) is 0.966. The van der Waals surface area contributed by atoms with Crippen molar-refractivity contribution in [1.29, 1.82) is 0 Å². The van der Waals surface area contributed by atoms with Crippen molar-refractivity contribution in [3.05, 3.63) is 17.7 Å². The molecule has 0 aliphatic carbocycles. The number of nitrogens with one attached hydrogen (secondary N) is 1. The number of nitrogens with zero attached hydrogens (tertiary/aromatic N) is 4. The molecule has 11 heteroatoms. The van der Waals surface area contributed by atoms with Crippen molar-refractivity contribution in [3.8, 4) is 0 Å². The third-order valence-corrected chi connectivity index (χ3v) is 5.54. The van der Waals surface area contributed by atoms with Gasteiger partial charge in [0.1, 0.15) is 5.82 Å². The molecule has 0 aromatic carbocycles. The molecule has 3 aliphatic rings. The quantitative estimate of drug-likeness (QED) is 0.761. The molecule has 6 nitrogen and oxygen atoms in total. The van der Waals surface area contributed by atoms with Crippen LogP contribution in [0, 0.1) is 0 Å². The van der Waals surface area contributed by atoms with Gasteiger partial charge in [0.2, 0.25) is 5.91 Å². The molecule has 4 atom stereocenters. The fraction of sp³-hybridized carbons (Fsp3) is 0.750. The van der Waals surface area contributed by atoms with Crippen LogP contribution >= 0.6 is 0 Å². The predicted molar refractivity (Wildman–Crippen MR) is 84.2 cm³/mol. The molecule has 0 saturated carbocycles. The molecule has 0 radical (unpaired) electrons. The van der Waals surface area contributed by atoms with E-state index >= 15 is 0 Å². The largest absolute Gasteiger partial charge is 0.434 e. The summed E-state index contributed by atoms with van der Waals surface area (Å²) >= 11 is 0. The van der Waals surface area contributed by atoms with Crippen molar-refractivity contribution in [2.24, 2.45) is 0 Å². The zero-order valence-corrected chi connectivity index (χ0v) is 14.4. The first kappa shape index (κ1) is 18.6. The molecule has 3 aliphatic heterocycles. The van der Waals surface area contributed by atoms with Crippen LogP contribution in [0.25, 0.3) is 0 Å². The highest BCUT2D eigenvalue weighted by atomic mass is 19.4. The molecule has 1 N–H and O–H groups in total. The molecular formula is C16H20F5N5O. The molecule has 1 aromatic rings. The Morgan fingerprint density at radius 3 is 2.56 bits per heavy atom. The van der Waals surface area contributed by atoms with Crippen LogP contribution in [0.15, 0.2) is 6.20 Å². The smallest absolute Gasteiger partial charge is 0.335 e. The highest BCUT2D eigenvalue weighted by molar-refractivity contribution is 5.82. The van der Waals surface area contributed by atoms with Crippen LogP contribution in [-0.2, 0) is 24.1 Å². The number of likely N-dealkylation sites (tertiary alicyclic amines) is 1. The first-order valence-corrected chi connectivity index (χ1v) is 8.90. The molecule has 0 bridgehead atoms. The number of aromatic nitrogens is 2. The van der Waals surface area contributed by atoms with Gasteiger partial charge in [-0.15, -0.1) is 0 Å². The topological polar surface area (TPSA) is 53.4 Å². The lowest BCUT2D eigenvalue weighted by molar-refractivity contribution is -0.141. The highest BCUT2D eigenvalue weighted by Crippen LogP contribution is 2.30. The number of carbonyl (C=O) groups excluding carboxylic acids is 1. The first-order chi connectivity index (χ1) is 12.7.